The van der Waals surface area contributed by atoms with Gasteiger partial charge in [-0.3, -0.25) is 0 Å². The Bertz CT molecular complexity index is 1020. The lowest BCUT2D eigenvalue weighted by molar-refractivity contribution is 0.568. The van der Waals surface area contributed by atoms with Gasteiger partial charge in [-0.1, -0.05) is 36.4 Å². The topological polar surface area (TPSA) is 34.0 Å². The largest absolute Gasteiger partial charge is 0.341 e. The van der Waals surface area contributed by atoms with Crippen LogP contribution in [-0.2, 0) is 0 Å². The molecule has 0 unspecified atom stereocenters. The van der Waals surface area contributed by atoms with Gasteiger partial charge in [0.2, 0.25) is 5.95 Å². The molecule has 2 aromatic carbocycles. The summed E-state index contributed by atoms with van der Waals surface area (Å²) < 4.78 is 2.14. The summed E-state index contributed by atoms with van der Waals surface area (Å²) >= 11 is 0. The van der Waals surface area contributed by atoms with Crippen LogP contribution in [0.25, 0.3) is 27.5 Å². The first kappa shape index (κ1) is 16.9. The molecule has 0 atom stereocenters. The Morgan fingerprint density at radius 1 is 0.731 bits per heavy atom. The minimum atomic E-state index is 0. The summed E-state index contributed by atoms with van der Waals surface area (Å²) in [5, 5.41) is 3.54. The standard InChI is InChI=1S/C21H20N4.ClH/c1-6-12-24(13-7-1)21-22-19-11-5-4-10-18(19)20(23-21)25-14-16-8-2-3-9-17(16)15-25;/h2-5,8-11,14-15H,1,6-7,12-13H2;1H. The fraction of sp³-hybridized carbons (Fsp3) is 0.238. The lowest BCUT2D eigenvalue weighted by Crippen LogP contribution is -2.31. The molecule has 4 nitrogen and oxygen atoms in total. The monoisotopic (exact) mass is 364 g/mol. The third-order valence-electron chi connectivity index (χ3n) is 5.01. The van der Waals surface area contributed by atoms with Crippen LogP contribution >= 0.6 is 12.4 Å². The summed E-state index contributed by atoms with van der Waals surface area (Å²) in [6.07, 6.45) is 8.06. The number of benzene rings is 2. The fourth-order valence-electron chi connectivity index (χ4n) is 3.69. The molecule has 0 saturated carbocycles. The van der Waals surface area contributed by atoms with Crippen LogP contribution in [-0.4, -0.2) is 27.6 Å². The van der Waals surface area contributed by atoms with Crippen molar-refractivity contribution in [3.8, 4) is 5.82 Å². The van der Waals surface area contributed by atoms with E-state index in [1.54, 1.807) is 0 Å². The zero-order chi connectivity index (χ0) is 16.6. The van der Waals surface area contributed by atoms with Crippen molar-refractivity contribution in [2.24, 2.45) is 0 Å². The van der Waals surface area contributed by atoms with Crippen LogP contribution in [0.5, 0.6) is 0 Å². The second-order valence-corrected chi connectivity index (χ2v) is 6.71. The van der Waals surface area contributed by atoms with Crippen molar-refractivity contribution in [3.05, 3.63) is 60.9 Å². The normalized spacial score (nSPS) is 14.5. The van der Waals surface area contributed by atoms with Crippen LogP contribution in [0.4, 0.5) is 5.95 Å². The SMILES string of the molecule is Cl.c1ccc2cn(-c3nc(N4CCCCC4)nc4ccccc34)cc2c1. The van der Waals surface area contributed by atoms with Crippen molar-refractivity contribution in [3.63, 3.8) is 0 Å². The third kappa shape index (κ3) is 2.90. The Hall–Kier alpha value is -2.59. The number of hydrogen-bond acceptors (Lipinski definition) is 3. The zero-order valence-corrected chi connectivity index (χ0v) is 15.3. The Morgan fingerprint density at radius 2 is 1.38 bits per heavy atom. The second kappa shape index (κ2) is 6.96. The predicted molar refractivity (Wildman–Crippen MR) is 110 cm³/mol. The van der Waals surface area contributed by atoms with E-state index >= 15 is 0 Å². The van der Waals surface area contributed by atoms with Crippen LogP contribution < -0.4 is 4.90 Å². The molecule has 1 aliphatic rings. The van der Waals surface area contributed by atoms with Crippen LogP contribution in [0.15, 0.2) is 60.9 Å². The molecule has 0 radical (unpaired) electrons. The van der Waals surface area contributed by atoms with Gasteiger partial charge in [0.15, 0.2) is 0 Å². The third-order valence-corrected chi connectivity index (χ3v) is 5.01. The van der Waals surface area contributed by atoms with Gasteiger partial charge in [-0.2, -0.15) is 4.98 Å². The smallest absolute Gasteiger partial charge is 0.227 e. The van der Waals surface area contributed by atoms with Gasteiger partial charge in [-0.05, 0) is 42.2 Å². The maximum absolute atomic E-state index is 4.97. The van der Waals surface area contributed by atoms with E-state index in [9.17, 15) is 0 Å². The molecule has 3 heterocycles. The maximum Gasteiger partial charge on any atom is 0.227 e. The molecule has 1 fully saturated rings. The molecule has 5 rings (SSSR count). The highest BCUT2D eigenvalue weighted by atomic mass is 35.5. The highest BCUT2D eigenvalue weighted by Gasteiger charge is 2.17. The van der Waals surface area contributed by atoms with Crippen LogP contribution in [0, 0.1) is 0 Å². The molecule has 1 aliphatic heterocycles. The van der Waals surface area contributed by atoms with Crippen LogP contribution in [0.1, 0.15) is 19.3 Å². The quantitative estimate of drug-likeness (QED) is 0.502. The number of nitrogens with zero attached hydrogens (tertiary/aromatic N) is 4. The summed E-state index contributed by atoms with van der Waals surface area (Å²) in [7, 11) is 0. The number of halogens is 1. The second-order valence-electron chi connectivity index (χ2n) is 6.71. The van der Waals surface area contributed by atoms with Crippen molar-refractivity contribution in [2.45, 2.75) is 19.3 Å². The Morgan fingerprint density at radius 3 is 2.12 bits per heavy atom. The molecule has 5 heteroatoms. The summed E-state index contributed by atoms with van der Waals surface area (Å²) in [5.74, 6) is 1.81. The summed E-state index contributed by atoms with van der Waals surface area (Å²) in [5.41, 5.74) is 1.01. The number of rotatable bonds is 2. The van der Waals surface area contributed by atoms with Gasteiger partial charge in [0.25, 0.3) is 0 Å². The Balaban J connectivity index is 0.00000168. The number of piperidine rings is 1. The number of hydrogen-bond donors (Lipinski definition) is 0. The van der Waals surface area contributed by atoms with Crippen molar-refractivity contribution in [1.82, 2.24) is 14.5 Å². The molecule has 4 aromatic rings. The van der Waals surface area contributed by atoms with E-state index in [2.05, 4.69) is 64.3 Å². The summed E-state index contributed by atoms with van der Waals surface area (Å²) in [6, 6.07) is 16.7. The number of anilines is 1. The van der Waals surface area contributed by atoms with E-state index < -0.39 is 0 Å². The van der Waals surface area contributed by atoms with Gasteiger partial charge in [0.05, 0.1) is 5.52 Å². The number of fused-ring (bicyclic) bond motifs is 2. The molecule has 1 saturated heterocycles. The lowest BCUT2D eigenvalue weighted by Gasteiger charge is -2.27. The molecule has 26 heavy (non-hydrogen) atoms. The molecule has 0 aliphatic carbocycles. The van der Waals surface area contributed by atoms with E-state index in [0.29, 0.717) is 0 Å². The molecule has 132 valence electrons. The van der Waals surface area contributed by atoms with Crippen LogP contribution in [0.2, 0.25) is 0 Å². The minimum Gasteiger partial charge on any atom is -0.341 e. The van der Waals surface area contributed by atoms with E-state index in [4.69, 9.17) is 9.97 Å². The van der Waals surface area contributed by atoms with Crippen molar-refractivity contribution in [2.75, 3.05) is 18.0 Å². The molecule has 2 aromatic heterocycles. The summed E-state index contributed by atoms with van der Waals surface area (Å²) in [6.45, 7) is 2.09. The van der Waals surface area contributed by atoms with Crippen molar-refractivity contribution < 1.29 is 0 Å². The lowest BCUT2D eigenvalue weighted by atomic mass is 10.1. The van der Waals surface area contributed by atoms with Gasteiger partial charge >= 0.3 is 0 Å². The highest BCUT2D eigenvalue weighted by Crippen LogP contribution is 2.26. The summed E-state index contributed by atoms with van der Waals surface area (Å²) in [4.78, 5) is 12.1. The van der Waals surface area contributed by atoms with E-state index in [1.165, 1.54) is 30.0 Å². The predicted octanol–water partition coefficient (Wildman–Crippen LogP) is 4.99. The average molecular weight is 365 g/mol. The van der Waals surface area contributed by atoms with Gasteiger partial charge in [0, 0.05) is 30.9 Å². The van der Waals surface area contributed by atoms with E-state index in [-0.39, 0.29) is 12.4 Å². The van der Waals surface area contributed by atoms with E-state index in [1.807, 2.05) is 6.07 Å². The van der Waals surface area contributed by atoms with Gasteiger partial charge in [-0.25, -0.2) is 4.98 Å². The molecule has 0 spiro atoms. The molecule has 0 bridgehead atoms. The minimum absolute atomic E-state index is 0. The fourth-order valence-corrected chi connectivity index (χ4v) is 3.69. The Labute approximate surface area is 158 Å². The number of aromatic nitrogens is 3. The Kier molecular flexibility index (Phi) is 4.51. The highest BCUT2D eigenvalue weighted by molar-refractivity contribution is 5.89. The first-order valence-electron chi connectivity index (χ1n) is 8.97. The van der Waals surface area contributed by atoms with E-state index in [0.717, 1.165) is 35.8 Å². The van der Waals surface area contributed by atoms with Gasteiger partial charge in [-0.15, -0.1) is 12.4 Å². The van der Waals surface area contributed by atoms with Crippen molar-refractivity contribution >= 4 is 40.0 Å². The first-order chi connectivity index (χ1) is 12.4. The van der Waals surface area contributed by atoms with Crippen molar-refractivity contribution in [1.29, 1.82) is 0 Å². The zero-order valence-electron chi connectivity index (χ0n) is 14.5. The molecular formula is C21H21ClN4. The molecule has 0 amide bonds. The average Bonchev–Trinajstić information content (AvgIpc) is 3.12. The maximum atomic E-state index is 4.97. The molecule has 0 N–H and O–H groups in total. The first-order valence-corrected chi connectivity index (χ1v) is 8.97. The van der Waals surface area contributed by atoms with Gasteiger partial charge in [0.1, 0.15) is 5.82 Å². The number of para-hydroxylation sites is 1. The van der Waals surface area contributed by atoms with Gasteiger partial charge < -0.3 is 9.47 Å². The molecular weight excluding hydrogens is 344 g/mol. The van der Waals surface area contributed by atoms with Crippen LogP contribution in [0.3, 0.4) is 0 Å².